The van der Waals surface area contributed by atoms with E-state index in [2.05, 4.69) is 5.32 Å². The first-order valence-electron chi connectivity index (χ1n) is 5.12. The van der Waals surface area contributed by atoms with Gasteiger partial charge in [-0.3, -0.25) is 9.00 Å². The van der Waals surface area contributed by atoms with E-state index in [0.717, 1.165) is 0 Å². The predicted octanol–water partition coefficient (Wildman–Crippen LogP) is 0.767. The van der Waals surface area contributed by atoms with E-state index in [0.29, 0.717) is 29.3 Å². The summed E-state index contributed by atoms with van der Waals surface area (Å²) in [4.78, 5) is 11.6. The standard InChI is InChI=1S/C11H16N2O2S/c1-2-16(15)8-7-13-11(14)9-5-3-4-6-10(9)12/h3-6H,2,7-8,12H2,1H3,(H,13,14). The highest BCUT2D eigenvalue weighted by molar-refractivity contribution is 7.84. The van der Waals surface area contributed by atoms with E-state index in [1.54, 1.807) is 24.3 Å². The molecule has 1 amide bonds. The number of nitrogens with one attached hydrogen (secondary N) is 1. The van der Waals surface area contributed by atoms with Crippen molar-refractivity contribution in [2.75, 3.05) is 23.8 Å². The lowest BCUT2D eigenvalue weighted by atomic mass is 10.2. The fourth-order valence-corrected chi connectivity index (χ4v) is 1.84. The molecule has 0 aliphatic heterocycles. The molecule has 0 aliphatic carbocycles. The molecule has 88 valence electrons. The highest BCUT2D eigenvalue weighted by Gasteiger charge is 2.07. The Hall–Kier alpha value is -1.36. The number of nitrogens with two attached hydrogens (primary N) is 1. The van der Waals surface area contributed by atoms with E-state index >= 15 is 0 Å². The van der Waals surface area contributed by atoms with E-state index in [1.807, 2.05) is 6.92 Å². The maximum Gasteiger partial charge on any atom is 0.253 e. The quantitative estimate of drug-likeness (QED) is 0.747. The molecule has 0 fully saturated rings. The van der Waals surface area contributed by atoms with Crippen LogP contribution < -0.4 is 11.1 Å². The maximum absolute atomic E-state index is 11.6. The molecular weight excluding hydrogens is 224 g/mol. The average Bonchev–Trinajstić information content (AvgIpc) is 2.29. The predicted molar refractivity (Wildman–Crippen MR) is 66.7 cm³/mol. The molecule has 0 heterocycles. The summed E-state index contributed by atoms with van der Waals surface area (Å²) in [6.07, 6.45) is 0. The Morgan fingerprint density at radius 1 is 1.44 bits per heavy atom. The zero-order chi connectivity index (χ0) is 12.0. The van der Waals surface area contributed by atoms with Crippen molar-refractivity contribution in [3.8, 4) is 0 Å². The summed E-state index contributed by atoms with van der Waals surface area (Å²) in [6.45, 7) is 2.26. The molecule has 1 rings (SSSR count). The van der Waals surface area contributed by atoms with Gasteiger partial charge in [-0.1, -0.05) is 19.1 Å². The number of amides is 1. The molecule has 0 aliphatic rings. The minimum absolute atomic E-state index is 0.216. The third-order valence-electron chi connectivity index (χ3n) is 2.14. The number of carbonyl (C=O) groups is 1. The fourth-order valence-electron chi connectivity index (χ4n) is 1.22. The zero-order valence-corrected chi connectivity index (χ0v) is 10.0. The van der Waals surface area contributed by atoms with Gasteiger partial charge in [0.15, 0.2) is 0 Å². The van der Waals surface area contributed by atoms with Gasteiger partial charge in [0, 0.05) is 34.5 Å². The van der Waals surface area contributed by atoms with E-state index in [1.165, 1.54) is 0 Å². The monoisotopic (exact) mass is 240 g/mol. The minimum atomic E-state index is -0.851. The van der Waals surface area contributed by atoms with Crippen molar-refractivity contribution in [1.29, 1.82) is 0 Å². The number of anilines is 1. The second kappa shape index (κ2) is 6.27. The summed E-state index contributed by atoms with van der Waals surface area (Å²) in [5.41, 5.74) is 6.58. The lowest BCUT2D eigenvalue weighted by molar-refractivity contribution is 0.0957. The molecule has 0 aromatic heterocycles. The number of carbonyl (C=O) groups excluding carboxylic acids is 1. The molecule has 1 atom stereocenters. The van der Waals surface area contributed by atoms with Crippen LogP contribution in [0.15, 0.2) is 24.3 Å². The van der Waals surface area contributed by atoms with E-state index in [4.69, 9.17) is 5.73 Å². The van der Waals surface area contributed by atoms with Crippen LogP contribution in [0.1, 0.15) is 17.3 Å². The van der Waals surface area contributed by atoms with Gasteiger partial charge in [0.05, 0.1) is 5.56 Å². The topological polar surface area (TPSA) is 72.2 Å². The van der Waals surface area contributed by atoms with Gasteiger partial charge < -0.3 is 11.1 Å². The highest BCUT2D eigenvalue weighted by Crippen LogP contribution is 2.09. The molecule has 0 bridgehead atoms. The van der Waals surface area contributed by atoms with Crippen molar-refractivity contribution in [3.05, 3.63) is 29.8 Å². The molecule has 3 N–H and O–H groups in total. The van der Waals surface area contributed by atoms with Gasteiger partial charge >= 0.3 is 0 Å². The van der Waals surface area contributed by atoms with Gasteiger partial charge in [0.1, 0.15) is 0 Å². The normalized spacial score (nSPS) is 12.1. The Kier molecular flexibility index (Phi) is 4.98. The summed E-state index contributed by atoms with van der Waals surface area (Å²) in [7, 11) is -0.851. The first-order valence-corrected chi connectivity index (χ1v) is 6.61. The van der Waals surface area contributed by atoms with Crippen LogP contribution >= 0.6 is 0 Å². The summed E-state index contributed by atoms with van der Waals surface area (Å²) < 4.78 is 11.1. The average molecular weight is 240 g/mol. The van der Waals surface area contributed by atoms with Gasteiger partial charge in [0.2, 0.25) is 0 Å². The summed E-state index contributed by atoms with van der Waals surface area (Å²) in [5, 5.41) is 2.69. The van der Waals surface area contributed by atoms with Gasteiger partial charge in [-0.2, -0.15) is 0 Å². The number of hydrogen-bond donors (Lipinski definition) is 2. The van der Waals surface area contributed by atoms with Crippen molar-refractivity contribution < 1.29 is 9.00 Å². The Morgan fingerprint density at radius 3 is 2.75 bits per heavy atom. The first kappa shape index (κ1) is 12.7. The van der Waals surface area contributed by atoms with Crippen LogP contribution in [0.25, 0.3) is 0 Å². The van der Waals surface area contributed by atoms with Crippen LogP contribution in [-0.2, 0) is 10.8 Å². The molecule has 16 heavy (non-hydrogen) atoms. The molecule has 0 spiro atoms. The third-order valence-corrected chi connectivity index (χ3v) is 3.45. The van der Waals surface area contributed by atoms with Gasteiger partial charge in [-0.05, 0) is 12.1 Å². The fraction of sp³-hybridized carbons (Fsp3) is 0.364. The van der Waals surface area contributed by atoms with E-state index < -0.39 is 10.8 Å². The lowest BCUT2D eigenvalue weighted by Crippen LogP contribution is -2.28. The second-order valence-electron chi connectivity index (χ2n) is 3.28. The molecular formula is C11H16N2O2S. The largest absolute Gasteiger partial charge is 0.398 e. The lowest BCUT2D eigenvalue weighted by Gasteiger charge is -2.06. The Labute approximate surface area is 97.7 Å². The number of rotatable bonds is 5. The minimum Gasteiger partial charge on any atom is -0.398 e. The number of nitrogen functional groups attached to an aromatic ring is 1. The molecule has 1 unspecified atom stereocenters. The van der Waals surface area contributed by atoms with Crippen molar-refractivity contribution in [3.63, 3.8) is 0 Å². The van der Waals surface area contributed by atoms with Crippen LogP contribution in [0.4, 0.5) is 5.69 Å². The van der Waals surface area contributed by atoms with Crippen LogP contribution in [0.3, 0.4) is 0 Å². The second-order valence-corrected chi connectivity index (χ2v) is 5.14. The van der Waals surface area contributed by atoms with Crippen LogP contribution in [0, 0.1) is 0 Å². The van der Waals surface area contributed by atoms with Gasteiger partial charge in [-0.25, -0.2) is 0 Å². The van der Waals surface area contributed by atoms with Crippen LogP contribution in [-0.4, -0.2) is 28.2 Å². The highest BCUT2D eigenvalue weighted by atomic mass is 32.2. The van der Waals surface area contributed by atoms with Crippen molar-refractivity contribution in [2.24, 2.45) is 0 Å². The van der Waals surface area contributed by atoms with Crippen LogP contribution in [0.5, 0.6) is 0 Å². The summed E-state index contributed by atoms with van der Waals surface area (Å²) >= 11 is 0. The smallest absolute Gasteiger partial charge is 0.253 e. The molecule has 1 aromatic carbocycles. The first-order chi connectivity index (χ1) is 7.65. The third kappa shape index (κ3) is 3.66. The van der Waals surface area contributed by atoms with E-state index in [-0.39, 0.29) is 5.91 Å². The SMILES string of the molecule is CCS(=O)CCNC(=O)c1ccccc1N. The summed E-state index contributed by atoms with van der Waals surface area (Å²) in [5.74, 6) is 0.879. The number of hydrogen-bond acceptors (Lipinski definition) is 3. The van der Waals surface area contributed by atoms with Gasteiger partial charge in [0.25, 0.3) is 5.91 Å². The molecule has 1 aromatic rings. The number of benzene rings is 1. The molecule has 4 nitrogen and oxygen atoms in total. The Morgan fingerprint density at radius 2 is 2.12 bits per heavy atom. The number of para-hydroxylation sites is 1. The van der Waals surface area contributed by atoms with Crippen molar-refractivity contribution in [1.82, 2.24) is 5.32 Å². The molecule has 0 radical (unpaired) electrons. The molecule has 0 saturated carbocycles. The van der Waals surface area contributed by atoms with Crippen molar-refractivity contribution >= 4 is 22.4 Å². The summed E-state index contributed by atoms with van der Waals surface area (Å²) in [6, 6.07) is 6.88. The van der Waals surface area contributed by atoms with Crippen molar-refractivity contribution in [2.45, 2.75) is 6.92 Å². The molecule has 5 heteroatoms. The Balaban J connectivity index is 2.47. The Bertz CT molecular complexity index is 393. The zero-order valence-electron chi connectivity index (χ0n) is 9.23. The maximum atomic E-state index is 11.6. The van der Waals surface area contributed by atoms with Crippen LogP contribution in [0.2, 0.25) is 0 Å². The van der Waals surface area contributed by atoms with Gasteiger partial charge in [-0.15, -0.1) is 0 Å². The van der Waals surface area contributed by atoms with E-state index in [9.17, 15) is 9.00 Å². The molecule has 0 saturated heterocycles.